The number of hydrogen-bond donors (Lipinski definition) is 1. The molecule has 0 radical (unpaired) electrons. The van der Waals surface area contributed by atoms with Gasteiger partial charge >= 0.3 is 0 Å². The summed E-state index contributed by atoms with van der Waals surface area (Å²) >= 11 is 4.98. The number of hydrogen-bond acceptors (Lipinski definition) is 2. The van der Waals surface area contributed by atoms with E-state index in [4.69, 9.17) is 18.0 Å². The van der Waals surface area contributed by atoms with Crippen LogP contribution in [-0.2, 0) is 5.54 Å². The van der Waals surface area contributed by atoms with Crippen molar-refractivity contribution in [3.8, 4) is 0 Å². The molecule has 0 spiro atoms. The SMILES string of the molecule is Cc1cn(C23CC(CC(N)=S)(C2)C3)cn1. The summed E-state index contributed by atoms with van der Waals surface area (Å²) in [6.45, 7) is 2.03. The maximum atomic E-state index is 5.61. The fourth-order valence-corrected chi connectivity index (χ4v) is 3.76. The maximum Gasteiger partial charge on any atom is 0.0954 e. The predicted molar refractivity (Wildman–Crippen MR) is 62.6 cm³/mol. The van der Waals surface area contributed by atoms with Crippen molar-refractivity contribution in [2.45, 2.75) is 38.1 Å². The number of aromatic nitrogens is 2. The molecular formula is C11H15N3S. The van der Waals surface area contributed by atoms with Gasteiger partial charge in [0, 0.05) is 18.2 Å². The highest BCUT2D eigenvalue weighted by Crippen LogP contribution is 2.72. The molecule has 1 aromatic heterocycles. The Morgan fingerprint density at radius 3 is 2.73 bits per heavy atom. The first-order valence-electron chi connectivity index (χ1n) is 5.33. The van der Waals surface area contributed by atoms with Gasteiger partial charge < -0.3 is 10.3 Å². The van der Waals surface area contributed by atoms with Gasteiger partial charge in [-0.05, 0) is 31.6 Å². The Morgan fingerprint density at radius 1 is 1.60 bits per heavy atom. The first kappa shape index (κ1) is 9.33. The van der Waals surface area contributed by atoms with Crippen LogP contribution in [-0.4, -0.2) is 14.5 Å². The van der Waals surface area contributed by atoms with Crippen molar-refractivity contribution < 1.29 is 0 Å². The zero-order valence-electron chi connectivity index (χ0n) is 8.86. The van der Waals surface area contributed by atoms with E-state index in [9.17, 15) is 0 Å². The molecule has 1 heterocycles. The van der Waals surface area contributed by atoms with E-state index in [1.807, 2.05) is 13.3 Å². The smallest absolute Gasteiger partial charge is 0.0954 e. The molecule has 3 aliphatic carbocycles. The van der Waals surface area contributed by atoms with Crippen molar-refractivity contribution in [2.75, 3.05) is 0 Å². The minimum atomic E-state index is 0.367. The highest BCUT2D eigenvalue weighted by atomic mass is 32.1. The molecule has 0 amide bonds. The zero-order chi connectivity index (χ0) is 10.7. The average molecular weight is 221 g/mol. The van der Waals surface area contributed by atoms with E-state index < -0.39 is 0 Å². The van der Waals surface area contributed by atoms with E-state index in [1.54, 1.807) is 0 Å². The molecule has 3 nitrogen and oxygen atoms in total. The van der Waals surface area contributed by atoms with Crippen molar-refractivity contribution >= 4 is 17.2 Å². The van der Waals surface area contributed by atoms with E-state index in [1.165, 1.54) is 19.3 Å². The van der Waals surface area contributed by atoms with Crippen LogP contribution < -0.4 is 5.73 Å². The Kier molecular flexibility index (Phi) is 1.63. The van der Waals surface area contributed by atoms with Crippen molar-refractivity contribution in [1.82, 2.24) is 9.55 Å². The van der Waals surface area contributed by atoms with Crippen LogP contribution in [0.25, 0.3) is 0 Å². The van der Waals surface area contributed by atoms with Gasteiger partial charge in [-0.2, -0.15) is 0 Å². The monoisotopic (exact) mass is 221 g/mol. The summed E-state index contributed by atoms with van der Waals surface area (Å²) in [5.74, 6) is 0. The second kappa shape index (κ2) is 2.61. The summed E-state index contributed by atoms with van der Waals surface area (Å²) in [4.78, 5) is 4.96. The summed E-state index contributed by atoms with van der Waals surface area (Å²) in [5.41, 5.74) is 7.53. The number of aryl methyl sites for hydroxylation is 1. The molecule has 0 aromatic carbocycles. The van der Waals surface area contributed by atoms with Crippen LogP contribution >= 0.6 is 12.2 Å². The summed E-state index contributed by atoms with van der Waals surface area (Å²) in [5, 5.41) is 0. The molecule has 0 unspecified atom stereocenters. The second-order valence-electron chi connectivity index (χ2n) is 5.32. The van der Waals surface area contributed by atoms with Crippen molar-refractivity contribution in [1.29, 1.82) is 0 Å². The highest BCUT2D eigenvalue weighted by Gasteiger charge is 2.68. The van der Waals surface area contributed by atoms with Crippen LogP contribution in [0.1, 0.15) is 31.4 Å². The standard InChI is InChI=1S/C11H15N3S/c1-8-3-14(7-13-8)11-4-10(5-11,6-11)2-9(12)15/h3,7H,2,4-6H2,1H3,(H2,12,15). The van der Waals surface area contributed by atoms with E-state index in [0.717, 1.165) is 12.1 Å². The van der Waals surface area contributed by atoms with Crippen LogP contribution in [0.5, 0.6) is 0 Å². The predicted octanol–water partition coefficient (Wildman–Crippen LogP) is 1.75. The van der Waals surface area contributed by atoms with Crippen LogP contribution in [0.3, 0.4) is 0 Å². The first-order chi connectivity index (χ1) is 7.04. The lowest BCUT2D eigenvalue weighted by Crippen LogP contribution is -2.67. The Bertz CT molecular complexity index is 415. The summed E-state index contributed by atoms with van der Waals surface area (Å²) < 4.78 is 2.28. The number of thiocarbonyl (C=S) groups is 1. The second-order valence-corrected chi connectivity index (χ2v) is 5.84. The van der Waals surface area contributed by atoms with E-state index in [-0.39, 0.29) is 0 Å². The van der Waals surface area contributed by atoms with Crippen LogP contribution in [0.2, 0.25) is 0 Å². The number of nitrogens with two attached hydrogens (primary N) is 1. The fourth-order valence-electron chi connectivity index (χ4n) is 3.45. The summed E-state index contributed by atoms with van der Waals surface area (Å²) in [6.07, 6.45) is 8.72. The topological polar surface area (TPSA) is 43.8 Å². The van der Waals surface area contributed by atoms with Gasteiger partial charge in [0.2, 0.25) is 0 Å². The van der Waals surface area contributed by atoms with Gasteiger partial charge in [0.15, 0.2) is 0 Å². The van der Waals surface area contributed by atoms with Crippen LogP contribution in [0, 0.1) is 12.3 Å². The minimum absolute atomic E-state index is 0.367. The molecule has 0 aliphatic heterocycles. The summed E-state index contributed by atoms with van der Waals surface area (Å²) in [6, 6.07) is 0. The fraction of sp³-hybridized carbons (Fsp3) is 0.636. The van der Waals surface area contributed by atoms with Gasteiger partial charge in [-0.3, -0.25) is 0 Å². The number of rotatable bonds is 3. The van der Waals surface area contributed by atoms with Crippen molar-refractivity contribution in [2.24, 2.45) is 11.1 Å². The lowest BCUT2D eigenvalue weighted by molar-refractivity contribution is -0.181. The Hall–Kier alpha value is -0.900. The third-order valence-electron chi connectivity index (χ3n) is 3.92. The van der Waals surface area contributed by atoms with Crippen molar-refractivity contribution in [3.05, 3.63) is 18.2 Å². The van der Waals surface area contributed by atoms with Crippen molar-refractivity contribution in [3.63, 3.8) is 0 Å². The van der Waals surface area contributed by atoms with Gasteiger partial charge in [0.1, 0.15) is 0 Å². The third-order valence-corrected chi connectivity index (χ3v) is 4.07. The number of imidazole rings is 1. The lowest BCUT2D eigenvalue weighted by atomic mass is 9.38. The molecule has 1 aromatic rings. The van der Waals surface area contributed by atoms with E-state index in [0.29, 0.717) is 15.9 Å². The normalized spacial score (nSPS) is 36.9. The molecule has 2 N–H and O–H groups in total. The lowest BCUT2D eigenvalue weighted by Gasteiger charge is -2.71. The number of nitrogens with zero attached hydrogens (tertiary/aromatic N) is 2. The van der Waals surface area contributed by atoms with Gasteiger partial charge in [-0.25, -0.2) is 4.98 Å². The van der Waals surface area contributed by atoms with Gasteiger partial charge in [-0.1, -0.05) is 12.2 Å². The quantitative estimate of drug-likeness (QED) is 0.791. The molecule has 80 valence electrons. The van der Waals surface area contributed by atoms with Gasteiger partial charge in [0.25, 0.3) is 0 Å². The first-order valence-corrected chi connectivity index (χ1v) is 5.74. The highest BCUT2D eigenvalue weighted by molar-refractivity contribution is 7.80. The zero-order valence-corrected chi connectivity index (χ0v) is 9.68. The maximum absolute atomic E-state index is 5.61. The Labute approximate surface area is 94.7 Å². The molecule has 4 heteroatoms. The molecule has 2 bridgehead atoms. The molecule has 3 fully saturated rings. The van der Waals surface area contributed by atoms with Crippen LogP contribution in [0.15, 0.2) is 12.5 Å². The molecular weight excluding hydrogens is 206 g/mol. The van der Waals surface area contributed by atoms with E-state index >= 15 is 0 Å². The molecule has 15 heavy (non-hydrogen) atoms. The average Bonchev–Trinajstić information content (AvgIpc) is 2.40. The third kappa shape index (κ3) is 1.17. The van der Waals surface area contributed by atoms with E-state index in [2.05, 4.69) is 15.7 Å². The minimum Gasteiger partial charge on any atom is -0.393 e. The Balaban J connectivity index is 1.73. The Morgan fingerprint density at radius 2 is 2.27 bits per heavy atom. The van der Waals surface area contributed by atoms with Gasteiger partial charge in [0.05, 0.1) is 17.0 Å². The molecule has 0 atom stereocenters. The molecule has 3 aliphatic rings. The van der Waals surface area contributed by atoms with Crippen LogP contribution in [0.4, 0.5) is 0 Å². The summed E-state index contributed by atoms with van der Waals surface area (Å²) in [7, 11) is 0. The largest absolute Gasteiger partial charge is 0.393 e. The molecule has 3 saturated carbocycles. The molecule has 0 saturated heterocycles. The molecule has 4 rings (SSSR count). The van der Waals surface area contributed by atoms with Gasteiger partial charge in [-0.15, -0.1) is 0 Å².